The van der Waals surface area contributed by atoms with Gasteiger partial charge in [-0.15, -0.1) is 0 Å². The zero-order valence-electron chi connectivity index (χ0n) is 19.8. The highest BCUT2D eigenvalue weighted by Gasteiger charge is 2.31. The molecule has 1 amide bonds. The molecule has 180 valence electrons. The molecule has 1 aromatic rings. The maximum Gasteiger partial charge on any atom is 0.410 e. The van der Waals surface area contributed by atoms with Crippen molar-refractivity contribution in [3.05, 3.63) is 64.3 Å². The van der Waals surface area contributed by atoms with Crippen molar-refractivity contribution in [3.63, 3.8) is 0 Å². The molecule has 1 aromatic carbocycles. The zero-order valence-corrected chi connectivity index (χ0v) is 21.4. The Morgan fingerprint density at radius 2 is 1.85 bits per heavy atom. The van der Waals surface area contributed by atoms with Gasteiger partial charge in [-0.25, -0.2) is 9.59 Å². The van der Waals surface area contributed by atoms with Gasteiger partial charge in [0.25, 0.3) is 0 Å². The number of piperazine rings is 1. The molecular weight excluding hydrogens is 486 g/mol. The minimum absolute atomic E-state index is 0.0626. The number of rotatable bonds is 7. The number of carboxylic acid groups (broad SMARTS) is 1. The van der Waals surface area contributed by atoms with Gasteiger partial charge < -0.3 is 20.5 Å². The number of benzene rings is 1. The first-order chi connectivity index (χ1) is 15.4. The Morgan fingerprint density at radius 3 is 2.39 bits per heavy atom. The summed E-state index contributed by atoms with van der Waals surface area (Å²) in [7, 11) is 0. The van der Waals surface area contributed by atoms with E-state index in [1.165, 1.54) is 6.20 Å². The summed E-state index contributed by atoms with van der Waals surface area (Å²) in [5, 5.41) is 9.56. The monoisotopic (exact) mass is 519 g/mol. The van der Waals surface area contributed by atoms with E-state index >= 15 is 0 Å². The number of ether oxygens (including phenoxy) is 1. The van der Waals surface area contributed by atoms with Gasteiger partial charge in [-0.2, -0.15) is 0 Å². The number of nitrogens with two attached hydrogens (primary N) is 1. The maximum absolute atomic E-state index is 12.5. The highest BCUT2D eigenvalue weighted by molar-refractivity contribution is 9.11. The Labute approximate surface area is 204 Å². The molecule has 0 aliphatic carbocycles. The van der Waals surface area contributed by atoms with Crippen molar-refractivity contribution < 1.29 is 19.4 Å². The molecule has 1 saturated heterocycles. The third-order valence-corrected chi connectivity index (χ3v) is 5.86. The van der Waals surface area contributed by atoms with Gasteiger partial charge in [0.2, 0.25) is 0 Å². The molecular formula is C25H34BrN3O4. The number of carboxylic acids is 1. The number of allylic oxidation sites excluding steroid dienone is 2. The fraction of sp³-hybridized carbons (Fsp3) is 0.440. The Hall–Kier alpha value is -2.58. The van der Waals surface area contributed by atoms with Gasteiger partial charge in [0.15, 0.2) is 0 Å². The summed E-state index contributed by atoms with van der Waals surface area (Å²) in [6.45, 7) is 13.7. The van der Waals surface area contributed by atoms with E-state index in [1.54, 1.807) is 11.0 Å². The fourth-order valence-electron chi connectivity index (χ4n) is 3.80. The van der Waals surface area contributed by atoms with Gasteiger partial charge >= 0.3 is 12.1 Å². The van der Waals surface area contributed by atoms with E-state index in [9.17, 15) is 14.7 Å². The smallest absolute Gasteiger partial charge is 0.410 e. The van der Waals surface area contributed by atoms with Gasteiger partial charge in [-0.1, -0.05) is 36.4 Å². The second kappa shape index (κ2) is 11.5. The highest BCUT2D eigenvalue weighted by atomic mass is 79.9. The molecule has 1 fully saturated rings. The SMILES string of the molecule is C=C(C(=O)O)c1ccccc1C(C/C(C)=C\C(Br)=C/N)N1CCN(C(=O)OC(C)(C)C)CC1. The van der Waals surface area contributed by atoms with Crippen LogP contribution in [0.25, 0.3) is 5.57 Å². The van der Waals surface area contributed by atoms with Gasteiger partial charge in [-0.05, 0) is 67.2 Å². The number of aliphatic carboxylic acids is 1. The molecule has 33 heavy (non-hydrogen) atoms. The molecule has 0 spiro atoms. The quantitative estimate of drug-likeness (QED) is 0.392. The van der Waals surface area contributed by atoms with Crippen LogP contribution in [0.3, 0.4) is 0 Å². The largest absolute Gasteiger partial charge is 0.478 e. The highest BCUT2D eigenvalue weighted by Crippen LogP contribution is 2.34. The summed E-state index contributed by atoms with van der Waals surface area (Å²) in [6.07, 6.45) is 3.79. The zero-order chi connectivity index (χ0) is 24.8. The van der Waals surface area contributed by atoms with E-state index < -0.39 is 11.6 Å². The first kappa shape index (κ1) is 26.7. The van der Waals surface area contributed by atoms with Crippen LogP contribution < -0.4 is 5.73 Å². The van der Waals surface area contributed by atoms with Crippen LogP contribution in [0.1, 0.15) is 51.3 Å². The Kier molecular flexibility index (Phi) is 9.31. The predicted molar refractivity (Wildman–Crippen MR) is 135 cm³/mol. The molecule has 1 atom stereocenters. The Morgan fingerprint density at radius 1 is 1.24 bits per heavy atom. The normalized spacial score (nSPS) is 16.9. The lowest BCUT2D eigenvalue weighted by atomic mass is 9.90. The van der Waals surface area contributed by atoms with E-state index in [0.717, 1.165) is 15.6 Å². The number of hydrogen-bond donors (Lipinski definition) is 2. The standard InChI is InChI=1S/C25H34BrN3O4/c1-17(14-19(26)16-27)15-22(21-9-7-6-8-20(21)18(2)23(30)31)28-10-12-29(13-11-28)24(32)33-25(3,4)5/h6-9,14,16,22H,2,10-13,15,27H2,1,3-5H3,(H,30,31)/b17-14-,19-16+. The second-order valence-electron chi connectivity index (χ2n) is 9.14. The average molecular weight is 520 g/mol. The topological polar surface area (TPSA) is 96.1 Å². The molecule has 7 nitrogen and oxygen atoms in total. The van der Waals surface area contributed by atoms with Crippen molar-refractivity contribution in [3.8, 4) is 0 Å². The van der Waals surface area contributed by atoms with Crippen LogP contribution in [-0.4, -0.2) is 58.7 Å². The molecule has 1 heterocycles. The third kappa shape index (κ3) is 7.75. The third-order valence-electron chi connectivity index (χ3n) is 5.37. The van der Waals surface area contributed by atoms with Crippen LogP contribution in [0.2, 0.25) is 0 Å². The molecule has 1 aliphatic heterocycles. The number of amides is 1. The first-order valence-electron chi connectivity index (χ1n) is 10.9. The van der Waals surface area contributed by atoms with Crippen molar-refractivity contribution in [2.45, 2.75) is 45.8 Å². The molecule has 3 N–H and O–H groups in total. The van der Waals surface area contributed by atoms with E-state index in [1.807, 2.05) is 52.0 Å². The second-order valence-corrected chi connectivity index (χ2v) is 10.1. The lowest BCUT2D eigenvalue weighted by molar-refractivity contribution is -0.130. The summed E-state index contributed by atoms with van der Waals surface area (Å²) in [4.78, 5) is 28.2. The van der Waals surface area contributed by atoms with Crippen LogP contribution in [0.15, 0.2) is 53.2 Å². The van der Waals surface area contributed by atoms with Crippen molar-refractivity contribution in [1.82, 2.24) is 9.80 Å². The van der Waals surface area contributed by atoms with Crippen molar-refractivity contribution in [2.24, 2.45) is 5.73 Å². The van der Waals surface area contributed by atoms with Gasteiger partial charge in [0, 0.05) is 42.9 Å². The lowest BCUT2D eigenvalue weighted by Gasteiger charge is -2.40. The van der Waals surface area contributed by atoms with E-state index in [0.29, 0.717) is 38.2 Å². The summed E-state index contributed by atoms with van der Waals surface area (Å²) in [6, 6.07) is 7.39. The molecule has 1 aliphatic rings. The number of nitrogens with zero attached hydrogens (tertiary/aromatic N) is 2. The maximum atomic E-state index is 12.5. The summed E-state index contributed by atoms with van der Waals surface area (Å²) in [5.41, 5.74) is 7.72. The molecule has 0 saturated carbocycles. The van der Waals surface area contributed by atoms with Crippen LogP contribution >= 0.6 is 15.9 Å². The molecule has 8 heteroatoms. The lowest BCUT2D eigenvalue weighted by Crippen LogP contribution is -2.51. The van der Waals surface area contributed by atoms with Gasteiger partial charge in [0.05, 0.1) is 5.57 Å². The molecule has 2 rings (SSSR count). The minimum atomic E-state index is -1.04. The predicted octanol–water partition coefficient (Wildman–Crippen LogP) is 4.91. The molecule has 0 aromatic heterocycles. The van der Waals surface area contributed by atoms with Crippen molar-refractivity contribution in [2.75, 3.05) is 26.2 Å². The summed E-state index contributed by atoms with van der Waals surface area (Å²) >= 11 is 3.42. The number of hydrogen-bond acceptors (Lipinski definition) is 5. The van der Waals surface area contributed by atoms with Crippen LogP contribution in [0.4, 0.5) is 4.79 Å². The first-order valence-corrected chi connectivity index (χ1v) is 11.7. The summed E-state index contributed by atoms with van der Waals surface area (Å²) < 4.78 is 6.29. The van der Waals surface area contributed by atoms with E-state index in [2.05, 4.69) is 27.4 Å². The fourth-order valence-corrected chi connectivity index (χ4v) is 4.19. The molecule has 0 radical (unpaired) electrons. The summed E-state index contributed by atoms with van der Waals surface area (Å²) in [5.74, 6) is -1.04. The van der Waals surface area contributed by atoms with E-state index in [-0.39, 0.29) is 17.7 Å². The molecule has 0 bridgehead atoms. The van der Waals surface area contributed by atoms with E-state index in [4.69, 9.17) is 10.5 Å². The van der Waals surface area contributed by atoms with Gasteiger partial charge in [0.1, 0.15) is 5.60 Å². The number of carbonyl (C=O) groups excluding carboxylic acids is 1. The Balaban J connectivity index is 2.33. The molecule has 1 unspecified atom stereocenters. The number of halogens is 1. The van der Waals surface area contributed by atoms with Crippen LogP contribution in [0.5, 0.6) is 0 Å². The average Bonchev–Trinajstić information content (AvgIpc) is 2.75. The number of carbonyl (C=O) groups is 2. The Bertz CT molecular complexity index is 941. The van der Waals surface area contributed by atoms with Crippen LogP contribution in [0, 0.1) is 0 Å². The van der Waals surface area contributed by atoms with Gasteiger partial charge in [-0.3, -0.25) is 4.90 Å². The minimum Gasteiger partial charge on any atom is -0.478 e. The van der Waals surface area contributed by atoms with Crippen molar-refractivity contribution >= 4 is 33.6 Å². The van der Waals surface area contributed by atoms with Crippen LogP contribution in [-0.2, 0) is 9.53 Å². The van der Waals surface area contributed by atoms with Crippen molar-refractivity contribution in [1.29, 1.82) is 0 Å².